The summed E-state index contributed by atoms with van der Waals surface area (Å²) in [6.45, 7) is 3.18. The van der Waals surface area contributed by atoms with Crippen molar-refractivity contribution >= 4 is 17.2 Å². The van der Waals surface area contributed by atoms with Gasteiger partial charge in [-0.1, -0.05) is 24.3 Å². The fourth-order valence-electron chi connectivity index (χ4n) is 2.71. The van der Waals surface area contributed by atoms with Gasteiger partial charge in [-0.3, -0.25) is 4.79 Å². The smallest absolute Gasteiger partial charge is 0.270 e. The Morgan fingerprint density at radius 3 is 2.81 bits per heavy atom. The van der Waals surface area contributed by atoms with Gasteiger partial charge in [0.25, 0.3) is 5.91 Å². The largest absolute Gasteiger partial charge is 0.350 e. The Labute approximate surface area is 128 Å². The number of nitrogens with two attached hydrogens (primary N) is 1. The molecule has 0 aliphatic heterocycles. The van der Waals surface area contributed by atoms with Crippen molar-refractivity contribution in [2.45, 2.75) is 31.7 Å². The van der Waals surface area contributed by atoms with Crippen LogP contribution in [0.2, 0.25) is 0 Å². The van der Waals surface area contributed by atoms with Gasteiger partial charge < -0.3 is 11.1 Å². The summed E-state index contributed by atoms with van der Waals surface area (Å²) in [6.07, 6.45) is 2.26. The van der Waals surface area contributed by atoms with Crippen molar-refractivity contribution in [2.75, 3.05) is 6.54 Å². The van der Waals surface area contributed by atoms with Crippen molar-refractivity contribution in [3.63, 3.8) is 0 Å². The molecule has 4 nitrogen and oxygen atoms in total. The maximum atomic E-state index is 12.2. The van der Waals surface area contributed by atoms with Crippen molar-refractivity contribution in [3.8, 4) is 0 Å². The fourth-order valence-corrected chi connectivity index (χ4v) is 3.36. The van der Waals surface area contributed by atoms with Crippen molar-refractivity contribution in [2.24, 2.45) is 5.73 Å². The van der Waals surface area contributed by atoms with E-state index in [0.29, 0.717) is 18.8 Å². The molecule has 0 radical (unpaired) electrons. The number of hydrogen-bond donors (Lipinski definition) is 2. The minimum Gasteiger partial charge on any atom is -0.350 e. The highest BCUT2D eigenvalue weighted by molar-refractivity contribution is 7.09. The molecule has 1 saturated carbocycles. The molecule has 0 unspecified atom stereocenters. The van der Waals surface area contributed by atoms with Crippen LogP contribution < -0.4 is 11.1 Å². The van der Waals surface area contributed by atoms with Crippen molar-refractivity contribution in [3.05, 3.63) is 51.5 Å². The minimum absolute atomic E-state index is 0.106. The molecule has 1 aliphatic rings. The van der Waals surface area contributed by atoms with E-state index in [-0.39, 0.29) is 11.3 Å². The second-order valence-electron chi connectivity index (χ2n) is 5.61. The number of aryl methyl sites for hydroxylation is 1. The number of nitrogens with one attached hydrogen (secondary N) is 1. The van der Waals surface area contributed by atoms with E-state index < -0.39 is 0 Å². The highest BCUT2D eigenvalue weighted by atomic mass is 32.1. The number of nitrogens with zero attached hydrogens (tertiary/aromatic N) is 1. The molecule has 110 valence electrons. The highest BCUT2D eigenvalue weighted by Gasteiger charge is 2.45. The number of aromatic nitrogens is 1. The molecule has 1 aromatic carbocycles. The van der Waals surface area contributed by atoms with Crippen LogP contribution >= 0.6 is 11.3 Å². The topological polar surface area (TPSA) is 68.0 Å². The summed E-state index contributed by atoms with van der Waals surface area (Å²) < 4.78 is 0. The lowest BCUT2D eigenvalue weighted by atomic mass is 9.92. The van der Waals surface area contributed by atoms with E-state index in [1.807, 2.05) is 0 Å². The maximum absolute atomic E-state index is 12.2. The number of carbonyl (C=O) groups is 1. The third-order valence-corrected chi connectivity index (χ3v) is 4.99. The molecule has 1 fully saturated rings. The summed E-state index contributed by atoms with van der Waals surface area (Å²) in [5.41, 5.74) is 8.77. The Balaban J connectivity index is 1.67. The van der Waals surface area contributed by atoms with Gasteiger partial charge >= 0.3 is 0 Å². The zero-order valence-electron chi connectivity index (χ0n) is 12.1. The zero-order chi connectivity index (χ0) is 14.9. The van der Waals surface area contributed by atoms with E-state index in [2.05, 4.69) is 41.5 Å². The molecule has 0 atom stereocenters. The maximum Gasteiger partial charge on any atom is 0.270 e. The van der Waals surface area contributed by atoms with E-state index in [1.54, 1.807) is 5.38 Å². The number of benzene rings is 1. The van der Waals surface area contributed by atoms with Crippen molar-refractivity contribution in [1.29, 1.82) is 0 Å². The standard InChI is InChI=1S/C16H19N3OS/c1-11-4-2-3-5-12(11)16(6-7-16)10-18-15(20)13-9-21-14(8-17)19-13/h2-5,9H,6-8,10,17H2,1H3,(H,18,20). The van der Waals surface area contributed by atoms with Crippen molar-refractivity contribution in [1.82, 2.24) is 10.3 Å². The number of amides is 1. The summed E-state index contributed by atoms with van der Waals surface area (Å²) in [6, 6.07) is 8.42. The summed E-state index contributed by atoms with van der Waals surface area (Å²) in [7, 11) is 0. The lowest BCUT2D eigenvalue weighted by Crippen LogP contribution is -2.32. The molecule has 0 bridgehead atoms. The van der Waals surface area contributed by atoms with Crippen molar-refractivity contribution < 1.29 is 4.79 Å². The second-order valence-corrected chi connectivity index (χ2v) is 6.55. The van der Waals surface area contributed by atoms with Crippen LogP contribution in [0.3, 0.4) is 0 Å². The molecule has 5 heteroatoms. The van der Waals surface area contributed by atoms with Crippen LogP contribution in [-0.2, 0) is 12.0 Å². The first-order valence-corrected chi connectivity index (χ1v) is 8.01. The Bertz CT molecular complexity index is 661. The van der Waals surface area contributed by atoms with Crippen LogP contribution in [0.15, 0.2) is 29.6 Å². The lowest BCUT2D eigenvalue weighted by Gasteiger charge is -2.18. The average Bonchev–Trinajstić information content (AvgIpc) is 3.12. The molecule has 3 rings (SSSR count). The van der Waals surface area contributed by atoms with E-state index in [1.165, 1.54) is 22.5 Å². The van der Waals surface area contributed by atoms with Gasteiger partial charge in [0.15, 0.2) is 0 Å². The molecule has 1 amide bonds. The summed E-state index contributed by atoms with van der Waals surface area (Å²) in [5.74, 6) is -0.106. The quantitative estimate of drug-likeness (QED) is 0.891. The predicted octanol–water partition coefficient (Wildman–Crippen LogP) is 2.37. The average molecular weight is 301 g/mol. The Hall–Kier alpha value is -1.72. The minimum atomic E-state index is -0.106. The third-order valence-electron chi connectivity index (χ3n) is 4.12. The Kier molecular flexibility index (Phi) is 3.78. The Morgan fingerprint density at radius 2 is 2.19 bits per heavy atom. The normalized spacial score (nSPS) is 15.7. The molecule has 21 heavy (non-hydrogen) atoms. The van der Waals surface area contributed by atoms with E-state index >= 15 is 0 Å². The van der Waals surface area contributed by atoms with Gasteiger partial charge in [0.1, 0.15) is 10.7 Å². The van der Waals surface area contributed by atoms with Gasteiger partial charge in [-0.05, 0) is 30.9 Å². The van der Waals surface area contributed by atoms with E-state index in [9.17, 15) is 4.79 Å². The molecule has 0 spiro atoms. The summed E-state index contributed by atoms with van der Waals surface area (Å²) >= 11 is 1.43. The summed E-state index contributed by atoms with van der Waals surface area (Å²) in [5, 5.41) is 5.59. The molecule has 1 aliphatic carbocycles. The van der Waals surface area contributed by atoms with Crippen LogP contribution in [0.5, 0.6) is 0 Å². The van der Waals surface area contributed by atoms with Crippen LogP contribution in [-0.4, -0.2) is 17.4 Å². The third kappa shape index (κ3) is 2.84. The van der Waals surface area contributed by atoms with Crippen LogP contribution in [0.1, 0.15) is 39.5 Å². The zero-order valence-corrected chi connectivity index (χ0v) is 12.9. The highest BCUT2D eigenvalue weighted by Crippen LogP contribution is 2.48. The lowest BCUT2D eigenvalue weighted by molar-refractivity contribution is 0.0945. The number of carbonyl (C=O) groups excluding carboxylic acids is 1. The van der Waals surface area contributed by atoms with Gasteiger partial charge in [-0.2, -0.15) is 0 Å². The second kappa shape index (κ2) is 5.58. The van der Waals surface area contributed by atoms with Gasteiger partial charge in [0, 0.05) is 23.9 Å². The van der Waals surface area contributed by atoms with Gasteiger partial charge in [0.05, 0.1) is 0 Å². The molecule has 2 aromatic rings. The van der Waals surface area contributed by atoms with Crippen LogP contribution in [0.4, 0.5) is 0 Å². The molecule has 1 heterocycles. The monoisotopic (exact) mass is 301 g/mol. The molecular formula is C16H19N3OS. The Morgan fingerprint density at radius 1 is 1.43 bits per heavy atom. The SMILES string of the molecule is Cc1ccccc1C1(CNC(=O)c2csc(CN)n2)CC1. The first-order valence-electron chi connectivity index (χ1n) is 7.13. The molecule has 1 aromatic heterocycles. The number of rotatable bonds is 5. The molecule has 0 saturated heterocycles. The van der Waals surface area contributed by atoms with Gasteiger partial charge in [0.2, 0.25) is 0 Å². The first-order chi connectivity index (χ1) is 10.1. The number of hydrogen-bond acceptors (Lipinski definition) is 4. The van der Waals surface area contributed by atoms with Crippen LogP contribution in [0.25, 0.3) is 0 Å². The number of thiazole rings is 1. The van der Waals surface area contributed by atoms with E-state index in [4.69, 9.17) is 5.73 Å². The fraction of sp³-hybridized carbons (Fsp3) is 0.375. The van der Waals surface area contributed by atoms with Gasteiger partial charge in [-0.25, -0.2) is 4.98 Å². The van der Waals surface area contributed by atoms with Crippen LogP contribution in [0, 0.1) is 6.92 Å². The predicted molar refractivity (Wildman–Crippen MR) is 84.4 cm³/mol. The molecule has 3 N–H and O–H groups in total. The van der Waals surface area contributed by atoms with Gasteiger partial charge in [-0.15, -0.1) is 11.3 Å². The molecular weight excluding hydrogens is 282 g/mol. The summed E-state index contributed by atoms with van der Waals surface area (Å²) in [4.78, 5) is 16.4. The first kappa shape index (κ1) is 14.2. The van der Waals surface area contributed by atoms with E-state index in [0.717, 1.165) is 17.8 Å².